The summed E-state index contributed by atoms with van der Waals surface area (Å²) in [5.41, 5.74) is -2.14. The Bertz CT molecular complexity index is 999. The van der Waals surface area contributed by atoms with Gasteiger partial charge in [-0.05, 0) is 32.0 Å². The van der Waals surface area contributed by atoms with Crippen LogP contribution in [0.3, 0.4) is 0 Å². The summed E-state index contributed by atoms with van der Waals surface area (Å²) in [6, 6.07) is 5.30. The number of rotatable bonds is 6. The van der Waals surface area contributed by atoms with E-state index in [0.29, 0.717) is 0 Å². The predicted molar refractivity (Wildman–Crippen MR) is 97.7 cm³/mol. The maximum Gasteiger partial charge on any atom is 0.416 e. The first-order valence-electron chi connectivity index (χ1n) is 8.42. The molecule has 1 aromatic carbocycles. The summed E-state index contributed by atoms with van der Waals surface area (Å²) < 4.78 is 44.9. The highest BCUT2D eigenvalue weighted by Gasteiger charge is 2.31. The van der Waals surface area contributed by atoms with E-state index in [4.69, 9.17) is 4.74 Å². The number of alkyl halides is 3. The zero-order valence-electron chi connectivity index (χ0n) is 15.6. The van der Waals surface area contributed by atoms with E-state index in [2.05, 4.69) is 17.0 Å². The monoisotopic (exact) mass is 409 g/mol. The molecule has 0 aliphatic heterocycles. The quantitative estimate of drug-likeness (QED) is 0.585. The number of ether oxygens (including phenoxy) is 1. The first-order valence-corrected chi connectivity index (χ1v) is 8.42. The van der Waals surface area contributed by atoms with Crippen LogP contribution in [-0.4, -0.2) is 34.3 Å². The van der Waals surface area contributed by atoms with E-state index in [1.54, 1.807) is 0 Å². The smallest absolute Gasteiger partial charge is 0.416 e. The van der Waals surface area contributed by atoms with Crippen molar-refractivity contribution < 1.29 is 27.5 Å². The lowest BCUT2D eigenvalue weighted by atomic mass is 10.2. The van der Waals surface area contributed by atoms with Gasteiger partial charge in [0.1, 0.15) is 0 Å². The normalized spacial score (nSPS) is 12.2. The van der Waals surface area contributed by atoms with Gasteiger partial charge >= 0.3 is 12.1 Å². The van der Waals surface area contributed by atoms with Crippen LogP contribution >= 0.6 is 0 Å². The van der Waals surface area contributed by atoms with Crippen molar-refractivity contribution in [1.82, 2.24) is 15.1 Å². The Labute approximate surface area is 163 Å². The summed E-state index contributed by atoms with van der Waals surface area (Å²) in [5, 5.41) is 6.28. The third kappa shape index (κ3) is 5.31. The summed E-state index contributed by atoms with van der Waals surface area (Å²) in [7, 11) is 0. The fourth-order valence-corrected chi connectivity index (χ4v) is 2.35. The van der Waals surface area contributed by atoms with Crippen LogP contribution in [0.1, 0.15) is 28.7 Å². The van der Waals surface area contributed by atoms with Crippen LogP contribution in [0.25, 0.3) is 5.69 Å². The number of halogens is 3. The highest BCUT2D eigenvalue weighted by Crippen LogP contribution is 2.30. The molecule has 10 heteroatoms. The van der Waals surface area contributed by atoms with Gasteiger partial charge in [-0.3, -0.25) is 9.59 Å². The molecule has 1 heterocycles. The third-order valence-corrected chi connectivity index (χ3v) is 3.79. The molecule has 0 aliphatic carbocycles. The van der Waals surface area contributed by atoms with Crippen molar-refractivity contribution in [3.8, 4) is 5.69 Å². The molecular weight excluding hydrogens is 391 g/mol. The number of esters is 1. The molecule has 0 spiro atoms. The van der Waals surface area contributed by atoms with Crippen LogP contribution in [-0.2, 0) is 15.7 Å². The van der Waals surface area contributed by atoms with Gasteiger partial charge in [0.2, 0.25) is 11.1 Å². The van der Waals surface area contributed by atoms with Crippen LogP contribution in [0.4, 0.5) is 13.2 Å². The second-order valence-corrected chi connectivity index (χ2v) is 6.04. The second-order valence-electron chi connectivity index (χ2n) is 6.04. The molecule has 1 atom stereocenters. The lowest BCUT2D eigenvalue weighted by Gasteiger charge is -2.15. The second kappa shape index (κ2) is 8.72. The van der Waals surface area contributed by atoms with Gasteiger partial charge in [0.15, 0.2) is 6.10 Å². The summed E-state index contributed by atoms with van der Waals surface area (Å²) in [5.74, 6) is -1.78. The number of benzene rings is 1. The Hall–Kier alpha value is -3.43. The van der Waals surface area contributed by atoms with Crippen LogP contribution in [0.5, 0.6) is 0 Å². The van der Waals surface area contributed by atoms with Crippen LogP contribution in [0, 0.1) is 6.92 Å². The maximum atomic E-state index is 13.0. The number of hydrogen-bond acceptors (Lipinski definition) is 5. The number of nitrogens with zero attached hydrogens (tertiary/aromatic N) is 2. The standard InChI is InChI=1S/C19H18F3N3O4/c1-4-8-23-17(27)12(3)29-18(28)16-15(26)9-11(2)25(24-16)14-7-5-6-13(10-14)19(20,21)22/h4-7,9-10,12H,1,8H2,2-3H3,(H,23,27)/t12-/m0/s1. The van der Waals surface area contributed by atoms with Gasteiger partial charge in [0.25, 0.3) is 5.91 Å². The van der Waals surface area contributed by atoms with Crippen molar-refractivity contribution in [2.75, 3.05) is 6.54 Å². The number of carbonyl (C=O) groups is 2. The van der Waals surface area contributed by atoms with Gasteiger partial charge in [0, 0.05) is 18.3 Å². The zero-order chi connectivity index (χ0) is 21.8. The minimum atomic E-state index is -4.57. The van der Waals surface area contributed by atoms with Crippen molar-refractivity contribution in [3.63, 3.8) is 0 Å². The summed E-state index contributed by atoms with van der Waals surface area (Å²) >= 11 is 0. The predicted octanol–water partition coefficient (Wildman–Crippen LogP) is 2.41. The number of amides is 1. The largest absolute Gasteiger partial charge is 0.448 e. The van der Waals surface area contributed by atoms with E-state index in [1.807, 2.05) is 0 Å². The van der Waals surface area contributed by atoms with Gasteiger partial charge in [-0.25, -0.2) is 9.48 Å². The van der Waals surface area contributed by atoms with Crippen molar-refractivity contribution in [3.05, 3.63) is 70.2 Å². The molecule has 0 unspecified atom stereocenters. The highest BCUT2D eigenvalue weighted by molar-refractivity contribution is 5.90. The van der Waals surface area contributed by atoms with Crippen LogP contribution < -0.4 is 10.7 Å². The van der Waals surface area contributed by atoms with Gasteiger partial charge < -0.3 is 10.1 Å². The number of aromatic nitrogens is 2. The molecule has 154 valence electrons. The van der Waals surface area contributed by atoms with E-state index >= 15 is 0 Å². The molecule has 1 aromatic heterocycles. The van der Waals surface area contributed by atoms with Crippen molar-refractivity contribution in [2.24, 2.45) is 0 Å². The van der Waals surface area contributed by atoms with E-state index in [-0.39, 0.29) is 17.9 Å². The van der Waals surface area contributed by atoms with E-state index in [1.165, 1.54) is 32.1 Å². The molecule has 0 aliphatic rings. The molecule has 0 fully saturated rings. The Morgan fingerprint density at radius 2 is 2.03 bits per heavy atom. The Kier molecular flexibility index (Phi) is 6.57. The summed E-state index contributed by atoms with van der Waals surface area (Å²) in [6.07, 6.45) is -4.35. The van der Waals surface area contributed by atoms with Crippen molar-refractivity contribution in [1.29, 1.82) is 0 Å². The number of hydrogen-bond donors (Lipinski definition) is 1. The summed E-state index contributed by atoms with van der Waals surface area (Å²) in [4.78, 5) is 36.2. The minimum absolute atomic E-state index is 0.00292. The topological polar surface area (TPSA) is 90.3 Å². The Morgan fingerprint density at radius 3 is 2.66 bits per heavy atom. The minimum Gasteiger partial charge on any atom is -0.448 e. The molecule has 1 N–H and O–H groups in total. The van der Waals surface area contributed by atoms with E-state index in [0.717, 1.165) is 22.9 Å². The van der Waals surface area contributed by atoms with E-state index in [9.17, 15) is 27.6 Å². The van der Waals surface area contributed by atoms with Gasteiger partial charge in [-0.2, -0.15) is 18.3 Å². The molecule has 29 heavy (non-hydrogen) atoms. The molecule has 2 aromatic rings. The van der Waals surface area contributed by atoms with Gasteiger partial charge in [-0.1, -0.05) is 12.1 Å². The molecule has 0 bridgehead atoms. The molecule has 0 saturated heterocycles. The Balaban J connectivity index is 2.37. The molecular formula is C19H18F3N3O4. The molecule has 0 saturated carbocycles. The van der Waals surface area contributed by atoms with Crippen molar-refractivity contribution >= 4 is 11.9 Å². The van der Waals surface area contributed by atoms with Crippen LogP contribution in [0.15, 0.2) is 47.8 Å². The molecule has 0 radical (unpaired) electrons. The molecule has 1 amide bonds. The van der Waals surface area contributed by atoms with Crippen molar-refractivity contribution in [2.45, 2.75) is 26.1 Å². The first-order chi connectivity index (χ1) is 13.5. The van der Waals surface area contributed by atoms with Gasteiger partial charge in [0.05, 0.1) is 11.3 Å². The first kappa shape index (κ1) is 21.9. The SMILES string of the molecule is C=CCNC(=O)[C@H](C)OC(=O)c1nn(-c2cccc(C(F)(F)F)c2)c(C)cc1=O. The lowest BCUT2D eigenvalue weighted by Crippen LogP contribution is -2.37. The zero-order valence-corrected chi connectivity index (χ0v) is 15.6. The number of aryl methyl sites for hydroxylation is 1. The van der Waals surface area contributed by atoms with E-state index < -0.39 is 40.8 Å². The fourth-order valence-electron chi connectivity index (χ4n) is 2.35. The summed E-state index contributed by atoms with van der Waals surface area (Å²) in [6.45, 7) is 6.35. The lowest BCUT2D eigenvalue weighted by molar-refractivity contribution is -0.137. The molecule has 2 rings (SSSR count). The molecule has 7 nitrogen and oxygen atoms in total. The Morgan fingerprint density at radius 1 is 1.34 bits per heavy atom. The average Bonchev–Trinajstić information content (AvgIpc) is 2.65. The third-order valence-electron chi connectivity index (χ3n) is 3.79. The number of carbonyl (C=O) groups excluding carboxylic acids is 2. The fraction of sp³-hybridized carbons (Fsp3) is 0.263. The average molecular weight is 409 g/mol. The number of nitrogens with one attached hydrogen (secondary N) is 1. The maximum absolute atomic E-state index is 13.0. The van der Waals surface area contributed by atoms with Crippen LogP contribution in [0.2, 0.25) is 0 Å². The van der Waals surface area contributed by atoms with Gasteiger partial charge in [-0.15, -0.1) is 6.58 Å². The highest BCUT2D eigenvalue weighted by atomic mass is 19.4.